The number of benzene rings is 3. The number of nitrogens with one attached hydrogen (secondary N) is 1. The molecule has 35 heavy (non-hydrogen) atoms. The number of aryl methyl sites for hydroxylation is 2. The van der Waals surface area contributed by atoms with Gasteiger partial charge in [-0.3, -0.25) is 4.79 Å². The van der Waals surface area contributed by atoms with Crippen LogP contribution in [0.3, 0.4) is 0 Å². The maximum atomic E-state index is 13.4. The predicted molar refractivity (Wildman–Crippen MR) is 139 cm³/mol. The maximum Gasteiger partial charge on any atom is 0.256 e. The number of ether oxygens (including phenoxy) is 1. The van der Waals surface area contributed by atoms with Gasteiger partial charge in [-0.15, -0.1) is 0 Å². The molecule has 1 heterocycles. The molecule has 0 aliphatic carbocycles. The van der Waals surface area contributed by atoms with Crippen molar-refractivity contribution in [2.75, 3.05) is 43.5 Å². The molecule has 0 saturated carbocycles. The van der Waals surface area contributed by atoms with Crippen LogP contribution in [0.25, 0.3) is 0 Å². The summed E-state index contributed by atoms with van der Waals surface area (Å²) in [6.07, 6.45) is 0. The highest BCUT2D eigenvalue weighted by molar-refractivity contribution is 7.89. The molecule has 0 radical (unpaired) electrons. The lowest BCUT2D eigenvalue weighted by molar-refractivity contribution is 0.102. The molecule has 1 amide bonds. The Hall–Kier alpha value is -3.07. The van der Waals surface area contributed by atoms with Gasteiger partial charge in [0.05, 0.1) is 17.7 Å². The number of amides is 1. The van der Waals surface area contributed by atoms with Crippen LogP contribution < -0.4 is 15.0 Å². The lowest BCUT2D eigenvalue weighted by atomic mass is 10.1. The minimum Gasteiger partial charge on any atom is -0.495 e. The maximum absolute atomic E-state index is 13.4. The molecule has 0 unspecified atom stereocenters. The number of sulfonamides is 1. The molecular weight excluding hydrogens is 486 g/mol. The highest BCUT2D eigenvalue weighted by Crippen LogP contribution is 2.31. The molecule has 0 bridgehead atoms. The monoisotopic (exact) mass is 513 g/mol. The van der Waals surface area contributed by atoms with Gasteiger partial charge >= 0.3 is 0 Å². The second kappa shape index (κ2) is 10.3. The summed E-state index contributed by atoms with van der Waals surface area (Å²) in [6.45, 7) is 5.63. The van der Waals surface area contributed by atoms with Crippen molar-refractivity contribution in [1.82, 2.24) is 4.31 Å². The average molecular weight is 514 g/mol. The van der Waals surface area contributed by atoms with Crippen LogP contribution in [0.1, 0.15) is 21.5 Å². The van der Waals surface area contributed by atoms with Crippen LogP contribution in [0, 0.1) is 13.8 Å². The van der Waals surface area contributed by atoms with Gasteiger partial charge in [-0.05, 0) is 61.4 Å². The lowest BCUT2D eigenvalue weighted by Gasteiger charge is -2.36. The zero-order valence-corrected chi connectivity index (χ0v) is 21.5. The van der Waals surface area contributed by atoms with Crippen LogP contribution in [0.5, 0.6) is 5.75 Å². The largest absolute Gasteiger partial charge is 0.495 e. The van der Waals surface area contributed by atoms with Crippen molar-refractivity contribution in [3.8, 4) is 5.75 Å². The SMILES string of the molecule is COc1ccc(S(=O)(=O)N2CCN(c3cc(Cl)ccc3C)CC2)cc1NC(=O)c1ccccc1C. The first kappa shape index (κ1) is 25.0. The number of methoxy groups -OCH3 is 1. The van der Waals surface area contributed by atoms with Crippen molar-refractivity contribution in [3.63, 3.8) is 0 Å². The van der Waals surface area contributed by atoms with Crippen molar-refractivity contribution in [3.05, 3.63) is 82.4 Å². The summed E-state index contributed by atoms with van der Waals surface area (Å²) in [5.74, 6) is 0.0496. The molecule has 1 N–H and O–H groups in total. The van der Waals surface area contributed by atoms with Crippen molar-refractivity contribution in [2.24, 2.45) is 0 Å². The summed E-state index contributed by atoms with van der Waals surface area (Å²) in [5.41, 5.74) is 3.74. The summed E-state index contributed by atoms with van der Waals surface area (Å²) in [6, 6.07) is 17.4. The zero-order valence-electron chi connectivity index (χ0n) is 19.9. The summed E-state index contributed by atoms with van der Waals surface area (Å²) in [4.78, 5) is 15.1. The zero-order chi connectivity index (χ0) is 25.2. The predicted octanol–water partition coefficient (Wildman–Crippen LogP) is 4.73. The summed E-state index contributed by atoms with van der Waals surface area (Å²) < 4.78 is 33.7. The van der Waals surface area contributed by atoms with Crippen molar-refractivity contribution < 1.29 is 17.9 Å². The lowest BCUT2D eigenvalue weighted by Crippen LogP contribution is -2.48. The number of piperazine rings is 1. The Morgan fingerprint density at radius 2 is 1.66 bits per heavy atom. The normalized spacial score (nSPS) is 14.6. The van der Waals surface area contributed by atoms with E-state index >= 15 is 0 Å². The van der Waals surface area contributed by atoms with Gasteiger partial charge in [0.25, 0.3) is 5.91 Å². The van der Waals surface area contributed by atoms with Gasteiger partial charge < -0.3 is 15.0 Å². The highest BCUT2D eigenvalue weighted by Gasteiger charge is 2.30. The van der Waals surface area contributed by atoms with E-state index < -0.39 is 10.0 Å². The van der Waals surface area contributed by atoms with Crippen LogP contribution in [-0.2, 0) is 10.0 Å². The van der Waals surface area contributed by atoms with Crippen LogP contribution in [0.15, 0.2) is 65.6 Å². The van der Waals surface area contributed by atoms with E-state index in [9.17, 15) is 13.2 Å². The van der Waals surface area contributed by atoms with E-state index in [-0.39, 0.29) is 10.8 Å². The number of nitrogens with zero attached hydrogens (tertiary/aromatic N) is 2. The third-order valence-electron chi connectivity index (χ3n) is 6.20. The molecule has 1 aliphatic heterocycles. The molecule has 0 atom stereocenters. The summed E-state index contributed by atoms with van der Waals surface area (Å²) in [7, 11) is -2.29. The standard InChI is InChI=1S/C26H28ClN3O4S/c1-18-6-4-5-7-22(18)26(31)28-23-17-21(10-11-25(23)34-3)35(32,33)30-14-12-29(13-15-30)24-16-20(27)9-8-19(24)2/h4-11,16-17H,12-15H2,1-3H3,(H,28,31). The molecule has 1 saturated heterocycles. The first-order chi connectivity index (χ1) is 16.7. The minimum absolute atomic E-state index is 0.103. The van der Waals surface area contributed by atoms with Crippen molar-refractivity contribution >= 4 is 38.9 Å². The van der Waals surface area contributed by atoms with Gasteiger partial charge in [-0.25, -0.2) is 8.42 Å². The number of hydrogen-bond donors (Lipinski definition) is 1. The van der Waals surface area contributed by atoms with Crippen molar-refractivity contribution in [1.29, 1.82) is 0 Å². The fourth-order valence-corrected chi connectivity index (χ4v) is 5.82. The molecule has 4 rings (SSSR count). The first-order valence-electron chi connectivity index (χ1n) is 11.3. The Kier molecular flexibility index (Phi) is 7.35. The number of rotatable bonds is 6. The Balaban J connectivity index is 1.54. The molecule has 0 spiro atoms. The number of carbonyl (C=O) groups excluding carboxylic acids is 1. The Morgan fingerprint density at radius 1 is 0.943 bits per heavy atom. The van der Waals surface area contributed by atoms with Crippen LogP contribution >= 0.6 is 11.6 Å². The number of halogens is 1. The van der Waals surface area contributed by atoms with E-state index in [1.807, 2.05) is 44.2 Å². The molecule has 9 heteroatoms. The fraction of sp³-hybridized carbons (Fsp3) is 0.269. The molecule has 1 aliphatic rings. The third-order valence-corrected chi connectivity index (χ3v) is 8.33. The summed E-state index contributed by atoms with van der Waals surface area (Å²) in [5, 5.41) is 3.46. The molecule has 1 fully saturated rings. The minimum atomic E-state index is -3.77. The Bertz CT molecular complexity index is 1350. The topological polar surface area (TPSA) is 79.0 Å². The van der Waals surface area contributed by atoms with E-state index in [0.717, 1.165) is 16.8 Å². The average Bonchev–Trinajstić information content (AvgIpc) is 2.85. The van der Waals surface area contributed by atoms with Gasteiger partial charge in [0.2, 0.25) is 10.0 Å². The molecule has 3 aromatic rings. The van der Waals surface area contributed by atoms with E-state index in [1.54, 1.807) is 18.2 Å². The molecule has 7 nitrogen and oxygen atoms in total. The van der Waals surface area contributed by atoms with Gasteiger partial charge in [0, 0.05) is 42.5 Å². The van der Waals surface area contributed by atoms with Gasteiger partial charge in [0.15, 0.2) is 0 Å². The second-order valence-electron chi connectivity index (χ2n) is 8.45. The van der Waals surface area contributed by atoms with Crippen LogP contribution in [0.4, 0.5) is 11.4 Å². The fourth-order valence-electron chi connectivity index (χ4n) is 4.20. The van der Waals surface area contributed by atoms with Gasteiger partial charge in [-0.1, -0.05) is 35.9 Å². The third kappa shape index (κ3) is 5.29. The van der Waals surface area contributed by atoms with E-state index in [0.29, 0.717) is 48.2 Å². The molecule has 184 valence electrons. The smallest absolute Gasteiger partial charge is 0.256 e. The summed E-state index contributed by atoms with van der Waals surface area (Å²) >= 11 is 6.17. The van der Waals surface area contributed by atoms with E-state index in [4.69, 9.17) is 16.3 Å². The molecular formula is C26H28ClN3O4S. The molecule has 3 aromatic carbocycles. The first-order valence-corrected chi connectivity index (χ1v) is 13.1. The second-order valence-corrected chi connectivity index (χ2v) is 10.8. The van der Waals surface area contributed by atoms with E-state index in [1.165, 1.54) is 23.5 Å². The quantitative estimate of drug-likeness (QED) is 0.515. The Morgan fingerprint density at radius 3 is 2.34 bits per heavy atom. The van der Waals surface area contributed by atoms with Crippen molar-refractivity contribution in [2.45, 2.75) is 18.7 Å². The van der Waals surface area contributed by atoms with E-state index in [2.05, 4.69) is 10.2 Å². The number of anilines is 2. The number of hydrogen-bond acceptors (Lipinski definition) is 5. The number of carbonyl (C=O) groups is 1. The highest BCUT2D eigenvalue weighted by atomic mass is 35.5. The van der Waals surface area contributed by atoms with Gasteiger partial charge in [0.1, 0.15) is 5.75 Å². The van der Waals surface area contributed by atoms with Crippen LogP contribution in [-0.4, -0.2) is 51.9 Å². The Labute approximate surface area is 211 Å². The molecule has 0 aromatic heterocycles. The van der Waals surface area contributed by atoms with Gasteiger partial charge in [-0.2, -0.15) is 4.31 Å². The van der Waals surface area contributed by atoms with Crippen LogP contribution in [0.2, 0.25) is 5.02 Å².